The molecule has 3 nitrogen and oxygen atoms in total. The molecule has 3 heteroatoms. The summed E-state index contributed by atoms with van der Waals surface area (Å²) in [6, 6.07) is 3.90. The van der Waals surface area contributed by atoms with Gasteiger partial charge in [-0.15, -0.1) is 0 Å². The Kier molecular flexibility index (Phi) is 2.49. The zero-order chi connectivity index (χ0) is 11.0. The van der Waals surface area contributed by atoms with E-state index in [-0.39, 0.29) is 12.5 Å². The highest BCUT2D eigenvalue weighted by Crippen LogP contribution is 2.32. The van der Waals surface area contributed by atoms with Crippen LogP contribution in [0.15, 0.2) is 12.1 Å². The van der Waals surface area contributed by atoms with Gasteiger partial charge in [-0.2, -0.15) is 0 Å². The van der Waals surface area contributed by atoms with Gasteiger partial charge in [0.05, 0.1) is 12.3 Å². The van der Waals surface area contributed by atoms with Crippen molar-refractivity contribution in [1.82, 2.24) is 0 Å². The topological polar surface area (TPSA) is 40.5 Å². The van der Waals surface area contributed by atoms with Crippen LogP contribution in [0.2, 0.25) is 0 Å². The molecule has 0 unspecified atom stereocenters. The maximum atomic E-state index is 11.6. The highest BCUT2D eigenvalue weighted by molar-refractivity contribution is 5.97. The third kappa shape index (κ3) is 1.53. The molecule has 1 aromatic carbocycles. The Morgan fingerprint density at radius 1 is 1.40 bits per heavy atom. The minimum absolute atomic E-state index is 0.0137. The quantitative estimate of drug-likeness (QED) is 0.752. The molecule has 0 atom stereocenters. The van der Waals surface area contributed by atoms with Crippen LogP contribution < -0.4 is 4.90 Å². The van der Waals surface area contributed by atoms with E-state index in [2.05, 4.69) is 0 Å². The summed E-state index contributed by atoms with van der Waals surface area (Å²) in [5.41, 5.74) is 4.14. The molecule has 0 aromatic heterocycles. The summed E-state index contributed by atoms with van der Waals surface area (Å²) in [5.74, 6) is 0.128. The first-order chi connectivity index (χ1) is 7.15. The number of benzene rings is 1. The number of carbonyl (C=O) groups excluding carboxylic acids is 1. The second-order valence-corrected chi connectivity index (χ2v) is 3.98. The van der Waals surface area contributed by atoms with E-state index in [4.69, 9.17) is 0 Å². The average molecular weight is 205 g/mol. The Hall–Kier alpha value is -1.35. The number of aryl methyl sites for hydroxylation is 1. The summed E-state index contributed by atoms with van der Waals surface area (Å²) in [7, 11) is 1.78. The molecule has 0 bridgehead atoms. The maximum Gasteiger partial charge on any atom is 0.227 e. The number of aliphatic hydroxyl groups is 1. The van der Waals surface area contributed by atoms with Crippen molar-refractivity contribution in [3.8, 4) is 0 Å². The molecule has 1 heterocycles. The van der Waals surface area contributed by atoms with Crippen LogP contribution in [0.5, 0.6) is 0 Å². The van der Waals surface area contributed by atoms with Crippen molar-refractivity contribution in [2.75, 3.05) is 11.9 Å². The highest BCUT2D eigenvalue weighted by atomic mass is 16.3. The van der Waals surface area contributed by atoms with Crippen molar-refractivity contribution < 1.29 is 9.90 Å². The summed E-state index contributed by atoms with van der Waals surface area (Å²) >= 11 is 0. The molecule has 0 saturated heterocycles. The van der Waals surface area contributed by atoms with Crippen LogP contribution in [0.25, 0.3) is 0 Å². The zero-order valence-corrected chi connectivity index (χ0v) is 9.08. The van der Waals surface area contributed by atoms with Crippen LogP contribution in [0.4, 0.5) is 5.69 Å². The van der Waals surface area contributed by atoms with E-state index in [0.29, 0.717) is 6.42 Å². The van der Waals surface area contributed by atoms with E-state index >= 15 is 0 Å². The summed E-state index contributed by atoms with van der Waals surface area (Å²) in [5, 5.41) is 9.25. The molecule has 0 spiro atoms. The number of hydrogen-bond donors (Lipinski definition) is 1. The lowest BCUT2D eigenvalue weighted by molar-refractivity contribution is -0.118. The normalized spacial score (nSPS) is 15.4. The molecule has 1 aliphatic heterocycles. The zero-order valence-electron chi connectivity index (χ0n) is 9.08. The first-order valence-corrected chi connectivity index (χ1v) is 5.14. The van der Waals surface area contributed by atoms with Gasteiger partial charge in [0.15, 0.2) is 0 Å². The van der Waals surface area contributed by atoms with Crippen molar-refractivity contribution in [3.05, 3.63) is 28.8 Å². The predicted octanol–water partition coefficient (Wildman–Crippen LogP) is 1.40. The largest absolute Gasteiger partial charge is 0.392 e. The molecule has 2 rings (SSSR count). The van der Waals surface area contributed by atoms with E-state index in [1.54, 1.807) is 11.9 Å². The van der Waals surface area contributed by atoms with E-state index in [1.165, 1.54) is 11.1 Å². The Bertz CT molecular complexity index is 412. The number of rotatable bonds is 1. The van der Waals surface area contributed by atoms with E-state index in [0.717, 1.165) is 17.7 Å². The molecule has 15 heavy (non-hydrogen) atoms. The molecular formula is C12H15NO2. The molecule has 1 N–H and O–H groups in total. The van der Waals surface area contributed by atoms with Gasteiger partial charge in [-0.25, -0.2) is 0 Å². The molecule has 1 aliphatic rings. The minimum Gasteiger partial charge on any atom is -0.392 e. The molecule has 80 valence electrons. The van der Waals surface area contributed by atoms with E-state index in [9.17, 15) is 9.90 Å². The fraction of sp³-hybridized carbons (Fsp3) is 0.417. The monoisotopic (exact) mass is 205 g/mol. The molecule has 0 fully saturated rings. The third-order valence-electron chi connectivity index (χ3n) is 3.07. The van der Waals surface area contributed by atoms with Crippen LogP contribution in [0.1, 0.15) is 23.1 Å². The summed E-state index contributed by atoms with van der Waals surface area (Å²) in [6.07, 6.45) is 1.36. The molecule has 0 radical (unpaired) electrons. The van der Waals surface area contributed by atoms with Crippen LogP contribution in [-0.2, 0) is 17.8 Å². The second kappa shape index (κ2) is 3.66. The maximum absolute atomic E-state index is 11.6. The fourth-order valence-electron chi connectivity index (χ4n) is 2.17. The third-order valence-corrected chi connectivity index (χ3v) is 3.07. The molecule has 0 saturated carbocycles. The first-order valence-electron chi connectivity index (χ1n) is 5.14. The van der Waals surface area contributed by atoms with E-state index in [1.807, 2.05) is 19.1 Å². The second-order valence-electron chi connectivity index (χ2n) is 3.98. The summed E-state index contributed by atoms with van der Waals surface area (Å²) in [4.78, 5) is 13.2. The molecular weight excluding hydrogens is 190 g/mol. The van der Waals surface area contributed by atoms with Crippen LogP contribution >= 0.6 is 0 Å². The smallest absolute Gasteiger partial charge is 0.227 e. The fourth-order valence-corrected chi connectivity index (χ4v) is 2.17. The van der Waals surface area contributed by atoms with Gasteiger partial charge in [-0.3, -0.25) is 4.79 Å². The van der Waals surface area contributed by atoms with Crippen LogP contribution in [-0.4, -0.2) is 18.1 Å². The van der Waals surface area contributed by atoms with Crippen molar-refractivity contribution in [3.63, 3.8) is 0 Å². The van der Waals surface area contributed by atoms with Gasteiger partial charge < -0.3 is 10.0 Å². The van der Waals surface area contributed by atoms with E-state index < -0.39 is 0 Å². The summed E-state index contributed by atoms with van der Waals surface area (Å²) in [6.45, 7) is 2.03. The minimum atomic E-state index is -0.0137. The summed E-state index contributed by atoms with van der Waals surface area (Å²) < 4.78 is 0. The standard InChI is InChI=1S/C12H15NO2/c1-8-3-4-9(7-14)12-10(8)5-6-11(15)13(12)2/h3-4,14H,5-7H2,1-2H3. The van der Waals surface area contributed by atoms with Crippen LogP contribution in [0, 0.1) is 6.92 Å². The molecule has 1 aromatic rings. The number of anilines is 1. The van der Waals surface area contributed by atoms with Gasteiger partial charge >= 0.3 is 0 Å². The van der Waals surface area contributed by atoms with Gasteiger partial charge in [0.25, 0.3) is 0 Å². The van der Waals surface area contributed by atoms with Crippen molar-refractivity contribution in [1.29, 1.82) is 0 Å². The Morgan fingerprint density at radius 2 is 2.13 bits per heavy atom. The Morgan fingerprint density at radius 3 is 2.80 bits per heavy atom. The van der Waals surface area contributed by atoms with Crippen LogP contribution in [0.3, 0.4) is 0 Å². The molecule has 0 aliphatic carbocycles. The van der Waals surface area contributed by atoms with Gasteiger partial charge in [-0.1, -0.05) is 12.1 Å². The Balaban J connectivity index is 2.62. The number of amides is 1. The number of hydrogen-bond acceptors (Lipinski definition) is 2. The van der Waals surface area contributed by atoms with Crippen molar-refractivity contribution >= 4 is 11.6 Å². The SMILES string of the molecule is Cc1ccc(CO)c2c1CCC(=O)N2C. The predicted molar refractivity (Wildman–Crippen MR) is 58.8 cm³/mol. The van der Waals surface area contributed by atoms with Gasteiger partial charge in [0, 0.05) is 19.0 Å². The van der Waals surface area contributed by atoms with Gasteiger partial charge in [-0.05, 0) is 24.5 Å². The average Bonchev–Trinajstić information content (AvgIpc) is 2.24. The number of nitrogens with zero attached hydrogens (tertiary/aromatic N) is 1. The number of aliphatic hydroxyl groups excluding tert-OH is 1. The number of carbonyl (C=O) groups is 1. The number of fused-ring (bicyclic) bond motifs is 1. The van der Waals surface area contributed by atoms with Gasteiger partial charge in [0.1, 0.15) is 0 Å². The first kappa shape index (κ1) is 10.2. The highest BCUT2D eigenvalue weighted by Gasteiger charge is 2.24. The Labute approximate surface area is 89.3 Å². The lowest BCUT2D eigenvalue weighted by Crippen LogP contribution is -2.32. The molecule has 1 amide bonds. The van der Waals surface area contributed by atoms with Crippen molar-refractivity contribution in [2.24, 2.45) is 0 Å². The lowest BCUT2D eigenvalue weighted by Gasteiger charge is -2.29. The van der Waals surface area contributed by atoms with Crippen molar-refractivity contribution in [2.45, 2.75) is 26.4 Å². The van der Waals surface area contributed by atoms with Gasteiger partial charge in [0.2, 0.25) is 5.91 Å². The lowest BCUT2D eigenvalue weighted by atomic mass is 9.94.